The van der Waals surface area contributed by atoms with Gasteiger partial charge in [0.1, 0.15) is 0 Å². The zero-order chi connectivity index (χ0) is 13.0. The number of nitrogen functional groups attached to an aromatic ring is 1. The second kappa shape index (κ2) is 6.96. The molecule has 0 spiro atoms. The summed E-state index contributed by atoms with van der Waals surface area (Å²) in [6.07, 6.45) is 2.31. The van der Waals surface area contributed by atoms with Crippen LogP contribution in [0, 0.1) is 0 Å². The fraction of sp³-hybridized carbons (Fsp3) is 0.182. The predicted molar refractivity (Wildman–Crippen MR) is 72.2 cm³/mol. The van der Waals surface area contributed by atoms with Crippen LogP contribution in [0.5, 0.6) is 0 Å². The maximum absolute atomic E-state index is 5.99. The molecule has 0 saturated heterocycles. The Kier molecular flexibility index (Phi) is 5.59. The van der Waals surface area contributed by atoms with E-state index in [4.69, 9.17) is 17.4 Å². The van der Waals surface area contributed by atoms with Crippen molar-refractivity contribution in [3.63, 3.8) is 0 Å². The van der Waals surface area contributed by atoms with E-state index >= 15 is 0 Å². The van der Waals surface area contributed by atoms with Gasteiger partial charge in [0, 0.05) is 17.0 Å². The number of hydrogen-bond acceptors (Lipinski definition) is 5. The summed E-state index contributed by atoms with van der Waals surface area (Å²) in [5.41, 5.74) is 3.53. The van der Waals surface area contributed by atoms with E-state index < -0.39 is 0 Å². The van der Waals surface area contributed by atoms with Crippen molar-refractivity contribution in [2.75, 3.05) is 11.3 Å². The molecule has 0 saturated carbocycles. The zero-order valence-corrected chi connectivity index (χ0v) is 11.7. The van der Waals surface area contributed by atoms with Gasteiger partial charge in [0.2, 0.25) is 0 Å². The number of nitrogens with one attached hydrogen (secondary N) is 1. The second-order valence-corrected chi connectivity index (χ2v) is 3.96. The van der Waals surface area contributed by atoms with Crippen molar-refractivity contribution in [1.82, 2.24) is 14.9 Å². The number of aromatic nitrogens is 3. The van der Waals surface area contributed by atoms with Gasteiger partial charge in [-0.25, -0.2) is 10.1 Å². The molecule has 19 heavy (non-hydrogen) atoms. The van der Waals surface area contributed by atoms with Gasteiger partial charge in [-0.05, 0) is 6.07 Å². The van der Waals surface area contributed by atoms with Crippen LogP contribution in [0.2, 0.25) is 5.02 Å². The number of hydrazone groups is 1. The third-order valence-electron chi connectivity index (χ3n) is 2.36. The van der Waals surface area contributed by atoms with E-state index in [0.29, 0.717) is 23.2 Å². The van der Waals surface area contributed by atoms with Gasteiger partial charge in [0.05, 0.1) is 6.21 Å². The molecular formula is C11H13Cl2N6-. The largest absolute Gasteiger partial charge is 1.00 e. The number of aryl methyl sites for hydroxylation is 1. The number of hydrogen-bond donors (Lipinski definition) is 2. The van der Waals surface area contributed by atoms with E-state index in [9.17, 15) is 0 Å². The molecule has 1 aromatic carbocycles. The molecule has 0 aliphatic carbocycles. The minimum absolute atomic E-state index is 0. The summed E-state index contributed by atoms with van der Waals surface area (Å²) in [7, 11) is 0. The number of rotatable bonds is 4. The summed E-state index contributed by atoms with van der Waals surface area (Å²) in [5, 5.41) is 12.4. The van der Waals surface area contributed by atoms with Gasteiger partial charge in [0.15, 0.2) is 5.82 Å². The van der Waals surface area contributed by atoms with Crippen LogP contribution in [0.25, 0.3) is 0 Å². The minimum Gasteiger partial charge on any atom is -1.00 e. The first-order valence-corrected chi connectivity index (χ1v) is 5.83. The molecule has 0 radical (unpaired) electrons. The predicted octanol–water partition coefficient (Wildman–Crippen LogP) is -1.34. The lowest BCUT2D eigenvalue weighted by molar-refractivity contribution is -0.00000376. The smallest absolute Gasteiger partial charge is 0.263 e. The van der Waals surface area contributed by atoms with E-state index in [1.165, 1.54) is 4.68 Å². The van der Waals surface area contributed by atoms with Crippen LogP contribution in [0.3, 0.4) is 0 Å². The van der Waals surface area contributed by atoms with Crippen LogP contribution in [-0.4, -0.2) is 21.1 Å². The molecule has 6 nitrogen and oxygen atoms in total. The number of nitrogens with two attached hydrogens (primary N) is 1. The lowest BCUT2D eigenvalue weighted by Gasteiger charge is -2.01. The molecular weight excluding hydrogens is 287 g/mol. The molecule has 102 valence electrons. The molecule has 0 aliphatic rings. The topological polar surface area (TPSA) is 81.1 Å². The molecule has 0 aliphatic heterocycles. The van der Waals surface area contributed by atoms with Crippen molar-refractivity contribution in [2.45, 2.75) is 13.3 Å². The maximum atomic E-state index is 5.99. The minimum atomic E-state index is 0. The summed E-state index contributed by atoms with van der Waals surface area (Å²) in [6.45, 7) is 1.95. The van der Waals surface area contributed by atoms with Crippen molar-refractivity contribution >= 4 is 23.8 Å². The molecule has 2 rings (SSSR count). The van der Waals surface area contributed by atoms with Crippen molar-refractivity contribution in [3.05, 3.63) is 40.7 Å². The Morgan fingerprint density at radius 3 is 2.79 bits per heavy atom. The van der Waals surface area contributed by atoms with E-state index in [0.717, 1.165) is 5.56 Å². The van der Waals surface area contributed by atoms with Crippen LogP contribution >= 0.6 is 11.6 Å². The Morgan fingerprint density at radius 1 is 1.42 bits per heavy atom. The molecule has 0 fully saturated rings. The van der Waals surface area contributed by atoms with Crippen molar-refractivity contribution in [3.8, 4) is 0 Å². The summed E-state index contributed by atoms with van der Waals surface area (Å²) >= 11 is 5.99. The Labute approximate surface area is 122 Å². The molecule has 0 bridgehead atoms. The summed E-state index contributed by atoms with van der Waals surface area (Å²) < 4.78 is 1.37. The first-order chi connectivity index (χ1) is 8.72. The average Bonchev–Trinajstić information content (AvgIpc) is 2.73. The molecule has 1 aromatic heterocycles. The molecule has 3 N–H and O–H groups in total. The van der Waals surface area contributed by atoms with E-state index in [-0.39, 0.29) is 12.4 Å². The van der Waals surface area contributed by atoms with Gasteiger partial charge >= 0.3 is 0 Å². The monoisotopic (exact) mass is 299 g/mol. The third kappa shape index (κ3) is 3.59. The highest BCUT2D eigenvalue weighted by atomic mass is 35.5. The standard InChI is InChI=1S/C11H13ClN6.ClH/c1-2-10-15-17-11(18(10)13)16-14-7-8-5-3-4-6-9(8)12;/h3-7H,2,13H2,1H3,(H,16,17);1H/p-1. The first-order valence-electron chi connectivity index (χ1n) is 5.45. The molecule has 0 unspecified atom stereocenters. The Bertz CT molecular complexity index is 566. The highest BCUT2D eigenvalue weighted by Crippen LogP contribution is 2.12. The average molecular weight is 300 g/mol. The number of nitrogens with zero attached hydrogens (tertiary/aromatic N) is 4. The SMILES string of the molecule is CCc1nnc(NN=Cc2ccccc2Cl)n1N.[Cl-]. The zero-order valence-electron chi connectivity index (χ0n) is 10.2. The highest BCUT2D eigenvalue weighted by Gasteiger charge is 2.05. The molecule has 2 aromatic rings. The molecule has 0 atom stereocenters. The van der Waals surface area contributed by atoms with Crippen molar-refractivity contribution in [1.29, 1.82) is 0 Å². The van der Waals surface area contributed by atoms with Crippen molar-refractivity contribution < 1.29 is 12.4 Å². The van der Waals surface area contributed by atoms with Crippen LogP contribution in [-0.2, 0) is 6.42 Å². The van der Waals surface area contributed by atoms with E-state index in [2.05, 4.69) is 20.7 Å². The summed E-state index contributed by atoms with van der Waals surface area (Å²) in [6, 6.07) is 7.40. The van der Waals surface area contributed by atoms with Crippen LogP contribution < -0.4 is 23.7 Å². The van der Waals surface area contributed by atoms with Crippen LogP contribution in [0.4, 0.5) is 5.95 Å². The van der Waals surface area contributed by atoms with Gasteiger partial charge in [-0.1, -0.05) is 36.7 Å². The Balaban J connectivity index is 0.00000180. The lowest BCUT2D eigenvalue weighted by atomic mass is 10.2. The van der Waals surface area contributed by atoms with Gasteiger partial charge in [-0.15, -0.1) is 10.2 Å². The fourth-order valence-corrected chi connectivity index (χ4v) is 1.56. The Hall–Kier alpha value is -1.79. The molecule has 8 heteroatoms. The highest BCUT2D eigenvalue weighted by molar-refractivity contribution is 6.33. The summed E-state index contributed by atoms with van der Waals surface area (Å²) in [4.78, 5) is 0. The number of benzene rings is 1. The summed E-state index contributed by atoms with van der Waals surface area (Å²) in [5.74, 6) is 6.82. The van der Waals surface area contributed by atoms with Gasteiger partial charge in [-0.2, -0.15) is 5.10 Å². The van der Waals surface area contributed by atoms with Gasteiger partial charge in [0.25, 0.3) is 5.95 Å². The Morgan fingerprint density at radius 2 is 2.16 bits per heavy atom. The lowest BCUT2D eigenvalue weighted by Crippen LogP contribution is -3.00. The van der Waals surface area contributed by atoms with Crippen LogP contribution in [0.15, 0.2) is 29.4 Å². The number of halogens is 2. The van der Waals surface area contributed by atoms with Crippen molar-refractivity contribution in [2.24, 2.45) is 5.10 Å². The number of anilines is 1. The quantitative estimate of drug-likeness (QED) is 0.416. The van der Waals surface area contributed by atoms with Gasteiger partial charge in [-0.3, -0.25) is 0 Å². The van der Waals surface area contributed by atoms with E-state index in [1.807, 2.05) is 25.1 Å². The fourth-order valence-electron chi connectivity index (χ4n) is 1.38. The maximum Gasteiger partial charge on any atom is 0.263 e. The molecule has 0 amide bonds. The second-order valence-electron chi connectivity index (χ2n) is 3.55. The third-order valence-corrected chi connectivity index (χ3v) is 2.70. The molecule has 1 heterocycles. The van der Waals surface area contributed by atoms with Crippen LogP contribution in [0.1, 0.15) is 18.3 Å². The van der Waals surface area contributed by atoms with Gasteiger partial charge < -0.3 is 18.2 Å². The van der Waals surface area contributed by atoms with E-state index in [1.54, 1.807) is 12.3 Å². The first kappa shape index (κ1) is 15.3. The normalized spacial score (nSPS) is 10.4.